The van der Waals surface area contributed by atoms with Gasteiger partial charge in [0.2, 0.25) is 0 Å². The molecule has 2 aliphatic rings. The van der Waals surface area contributed by atoms with E-state index in [9.17, 15) is 4.79 Å². The monoisotopic (exact) mass is 252 g/mol. The third-order valence-corrected chi connectivity index (χ3v) is 4.55. The van der Waals surface area contributed by atoms with Crippen LogP contribution in [-0.2, 0) is 0 Å². The van der Waals surface area contributed by atoms with Crippen LogP contribution in [0.4, 0.5) is 4.79 Å². The molecule has 3 nitrogen and oxygen atoms in total. The number of rotatable bonds is 1. The number of amides is 2. The van der Waals surface area contributed by atoms with Gasteiger partial charge in [-0.05, 0) is 25.7 Å². The van der Waals surface area contributed by atoms with Gasteiger partial charge in [-0.15, -0.1) is 0 Å². The molecule has 0 unspecified atom stereocenters. The average Bonchev–Trinajstić information content (AvgIpc) is 2.81. The Hall–Kier alpha value is -0.730. The number of carbonyl (C=O) groups is 1. The molecular formula is C15H28N2O. The Kier molecular flexibility index (Phi) is 5.33. The summed E-state index contributed by atoms with van der Waals surface area (Å²) in [6.45, 7) is 1.94. The van der Waals surface area contributed by atoms with Crippen LogP contribution in [0.3, 0.4) is 0 Å². The maximum absolute atomic E-state index is 12.5. The molecule has 0 atom stereocenters. The molecule has 1 aliphatic heterocycles. The maximum Gasteiger partial charge on any atom is 0.319 e. The lowest BCUT2D eigenvalue weighted by Crippen LogP contribution is -2.46. The topological polar surface area (TPSA) is 23.6 Å². The highest BCUT2D eigenvalue weighted by molar-refractivity contribution is 5.74. The summed E-state index contributed by atoms with van der Waals surface area (Å²) in [5.41, 5.74) is 0. The Morgan fingerprint density at radius 1 is 0.889 bits per heavy atom. The Bertz CT molecular complexity index is 251. The molecule has 0 N–H and O–H groups in total. The van der Waals surface area contributed by atoms with Crippen molar-refractivity contribution in [2.24, 2.45) is 0 Å². The number of nitrogens with zero attached hydrogens (tertiary/aromatic N) is 2. The lowest BCUT2D eigenvalue weighted by molar-refractivity contribution is 0.143. The van der Waals surface area contributed by atoms with Gasteiger partial charge in [0.05, 0.1) is 0 Å². The molecule has 2 amide bonds. The summed E-state index contributed by atoms with van der Waals surface area (Å²) in [5, 5.41) is 0. The summed E-state index contributed by atoms with van der Waals surface area (Å²) < 4.78 is 0. The fraction of sp³-hybridized carbons (Fsp3) is 0.933. The molecule has 1 heterocycles. The van der Waals surface area contributed by atoms with Gasteiger partial charge in [-0.2, -0.15) is 0 Å². The first-order valence-corrected chi connectivity index (χ1v) is 7.81. The van der Waals surface area contributed by atoms with E-state index in [0.717, 1.165) is 13.1 Å². The van der Waals surface area contributed by atoms with Crippen LogP contribution >= 0.6 is 0 Å². The van der Waals surface area contributed by atoms with Crippen LogP contribution < -0.4 is 0 Å². The summed E-state index contributed by atoms with van der Waals surface area (Å²) in [4.78, 5) is 16.6. The predicted molar refractivity (Wildman–Crippen MR) is 74.7 cm³/mol. The number of urea groups is 1. The first-order valence-electron chi connectivity index (χ1n) is 7.81. The number of carbonyl (C=O) groups excluding carboxylic acids is 1. The SMILES string of the molecule is CN(C(=O)N1CCCCCC1)C1CCCCCC1. The molecule has 0 aromatic carbocycles. The molecule has 0 radical (unpaired) electrons. The van der Waals surface area contributed by atoms with Crippen molar-refractivity contribution in [2.75, 3.05) is 20.1 Å². The van der Waals surface area contributed by atoms with Gasteiger partial charge in [-0.3, -0.25) is 0 Å². The Labute approximate surface area is 112 Å². The van der Waals surface area contributed by atoms with Gasteiger partial charge >= 0.3 is 6.03 Å². The zero-order valence-electron chi connectivity index (χ0n) is 11.9. The van der Waals surface area contributed by atoms with Gasteiger partial charge in [0.1, 0.15) is 0 Å². The third kappa shape index (κ3) is 3.63. The quantitative estimate of drug-likeness (QED) is 0.654. The molecule has 2 rings (SSSR count). The summed E-state index contributed by atoms with van der Waals surface area (Å²) in [6, 6.07) is 0.770. The van der Waals surface area contributed by atoms with Crippen molar-refractivity contribution in [3.63, 3.8) is 0 Å². The highest BCUT2D eigenvalue weighted by Gasteiger charge is 2.25. The second-order valence-electron chi connectivity index (χ2n) is 5.94. The van der Waals surface area contributed by atoms with E-state index in [1.165, 1.54) is 64.2 Å². The second-order valence-corrected chi connectivity index (χ2v) is 5.94. The number of hydrogen-bond donors (Lipinski definition) is 0. The fourth-order valence-corrected chi connectivity index (χ4v) is 3.29. The summed E-state index contributed by atoms with van der Waals surface area (Å²) >= 11 is 0. The molecule has 0 aromatic rings. The number of hydrogen-bond acceptors (Lipinski definition) is 1. The molecule has 18 heavy (non-hydrogen) atoms. The predicted octanol–water partition coefficient (Wildman–Crippen LogP) is 3.64. The highest BCUT2D eigenvalue weighted by Crippen LogP contribution is 2.22. The molecule has 0 bridgehead atoms. The normalized spacial score (nSPS) is 23.3. The first kappa shape index (κ1) is 13.7. The van der Waals surface area contributed by atoms with Gasteiger partial charge in [0.25, 0.3) is 0 Å². The van der Waals surface area contributed by atoms with Crippen LogP contribution in [0.15, 0.2) is 0 Å². The number of likely N-dealkylation sites (tertiary alicyclic amines) is 1. The van der Waals surface area contributed by atoms with Gasteiger partial charge < -0.3 is 9.80 Å². The zero-order chi connectivity index (χ0) is 12.8. The minimum Gasteiger partial charge on any atom is -0.325 e. The molecular weight excluding hydrogens is 224 g/mol. The molecule has 104 valence electrons. The van der Waals surface area contributed by atoms with E-state index < -0.39 is 0 Å². The molecule has 0 aromatic heterocycles. The summed E-state index contributed by atoms with van der Waals surface area (Å²) in [7, 11) is 2.02. The van der Waals surface area contributed by atoms with Crippen LogP contribution in [-0.4, -0.2) is 42.0 Å². The summed E-state index contributed by atoms with van der Waals surface area (Å²) in [5.74, 6) is 0. The minimum atomic E-state index is 0.281. The molecule has 1 saturated carbocycles. The van der Waals surface area contributed by atoms with Crippen LogP contribution in [0.25, 0.3) is 0 Å². The minimum absolute atomic E-state index is 0.281. The van der Waals surface area contributed by atoms with Crippen molar-refractivity contribution < 1.29 is 4.79 Å². The van der Waals surface area contributed by atoms with E-state index >= 15 is 0 Å². The van der Waals surface area contributed by atoms with Crippen molar-refractivity contribution in [1.82, 2.24) is 9.80 Å². The largest absolute Gasteiger partial charge is 0.325 e. The Morgan fingerprint density at radius 2 is 1.39 bits per heavy atom. The molecule has 0 spiro atoms. The van der Waals surface area contributed by atoms with Gasteiger partial charge in [-0.1, -0.05) is 38.5 Å². The van der Waals surface area contributed by atoms with Crippen molar-refractivity contribution in [3.05, 3.63) is 0 Å². The molecule has 2 fully saturated rings. The molecule has 1 aliphatic carbocycles. The maximum atomic E-state index is 12.5. The Morgan fingerprint density at radius 3 is 1.94 bits per heavy atom. The third-order valence-electron chi connectivity index (χ3n) is 4.55. The van der Waals surface area contributed by atoms with E-state index in [2.05, 4.69) is 4.90 Å². The van der Waals surface area contributed by atoms with Crippen LogP contribution in [0.1, 0.15) is 64.2 Å². The lowest BCUT2D eigenvalue weighted by atomic mass is 10.1. The summed E-state index contributed by atoms with van der Waals surface area (Å²) in [6.07, 6.45) is 12.6. The van der Waals surface area contributed by atoms with Crippen molar-refractivity contribution in [2.45, 2.75) is 70.3 Å². The van der Waals surface area contributed by atoms with Gasteiger partial charge in [0, 0.05) is 26.2 Å². The average molecular weight is 252 g/mol. The van der Waals surface area contributed by atoms with Crippen LogP contribution in [0.2, 0.25) is 0 Å². The van der Waals surface area contributed by atoms with Crippen LogP contribution in [0, 0.1) is 0 Å². The van der Waals surface area contributed by atoms with Gasteiger partial charge in [-0.25, -0.2) is 4.79 Å². The fourth-order valence-electron chi connectivity index (χ4n) is 3.29. The standard InChI is InChI=1S/C15H28N2O/c1-16(14-10-6-2-3-7-11-14)15(18)17-12-8-4-5-9-13-17/h14H,2-13H2,1H3. The van der Waals surface area contributed by atoms with E-state index in [0.29, 0.717) is 6.04 Å². The van der Waals surface area contributed by atoms with Gasteiger partial charge in [0.15, 0.2) is 0 Å². The molecule has 1 saturated heterocycles. The van der Waals surface area contributed by atoms with Crippen LogP contribution in [0.5, 0.6) is 0 Å². The van der Waals surface area contributed by atoms with E-state index in [1.807, 2.05) is 11.9 Å². The van der Waals surface area contributed by atoms with Crippen molar-refractivity contribution >= 4 is 6.03 Å². The van der Waals surface area contributed by atoms with Crippen molar-refractivity contribution in [1.29, 1.82) is 0 Å². The highest BCUT2D eigenvalue weighted by atomic mass is 16.2. The smallest absolute Gasteiger partial charge is 0.319 e. The first-order chi connectivity index (χ1) is 8.79. The van der Waals surface area contributed by atoms with Crippen molar-refractivity contribution in [3.8, 4) is 0 Å². The lowest BCUT2D eigenvalue weighted by Gasteiger charge is -2.32. The van der Waals surface area contributed by atoms with E-state index in [1.54, 1.807) is 0 Å². The van der Waals surface area contributed by atoms with E-state index in [4.69, 9.17) is 0 Å². The zero-order valence-corrected chi connectivity index (χ0v) is 11.9. The Balaban J connectivity index is 1.89. The second kappa shape index (κ2) is 7.01. The van der Waals surface area contributed by atoms with E-state index in [-0.39, 0.29) is 6.03 Å². The molecule has 3 heteroatoms.